The van der Waals surface area contributed by atoms with E-state index in [9.17, 15) is 0 Å². The van der Waals surface area contributed by atoms with Crippen LogP contribution in [0.1, 0.15) is 45.3 Å². The molecule has 2 unspecified atom stereocenters. The van der Waals surface area contributed by atoms with Gasteiger partial charge in [0.05, 0.1) is 17.6 Å². The molecule has 0 saturated carbocycles. The summed E-state index contributed by atoms with van der Waals surface area (Å²) in [5, 5.41) is 3.22. The van der Waals surface area contributed by atoms with Gasteiger partial charge in [0, 0.05) is 18.6 Å². The Morgan fingerprint density at radius 3 is 2.67 bits per heavy atom. The van der Waals surface area contributed by atoms with Gasteiger partial charge in [-0.15, -0.1) is 0 Å². The number of hydrogen-bond donors (Lipinski definition) is 1. The molecule has 100 valence electrons. The zero-order valence-electron chi connectivity index (χ0n) is 12.0. The minimum Gasteiger partial charge on any atom is -0.367 e. The third-order valence-corrected chi connectivity index (χ3v) is 4.05. The highest BCUT2D eigenvalue weighted by Crippen LogP contribution is 2.29. The summed E-state index contributed by atoms with van der Waals surface area (Å²) >= 11 is 0. The van der Waals surface area contributed by atoms with Crippen molar-refractivity contribution in [1.29, 1.82) is 0 Å². The summed E-state index contributed by atoms with van der Waals surface area (Å²) in [6.45, 7) is 7.93. The molecule has 0 bridgehead atoms. The van der Waals surface area contributed by atoms with E-state index in [1.807, 2.05) is 13.2 Å². The average Bonchev–Trinajstić information content (AvgIpc) is 2.87. The van der Waals surface area contributed by atoms with Gasteiger partial charge in [0.2, 0.25) is 0 Å². The maximum atomic E-state index is 4.58. The number of rotatable bonds is 4. The molecule has 3 heteroatoms. The van der Waals surface area contributed by atoms with Gasteiger partial charge in [0.15, 0.2) is 0 Å². The molecule has 0 aromatic carbocycles. The van der Waals surface area contributed by atoms with Crippen molar-refractivity contribution in [2.45, 2.75) is 45.7 Å². The molecule has 0 spiro atoms. The predicted octanol–water partition coefficient (Wildman–Crippen LogP) is 2.99. The Kier molecular flexibility index (Phi) is 4.23. The van der Waals surface area contributed by atoms with Crippen LogP contribution in [0.4, 0.5) is 5.69 Å². The van der Waals surface area contributed by atoms with Crippen LogP contribution in [0.5, 0.6) is 0 Å². The van der Waals surface area contributed by atoms with Crippen molar-refractivity contribution in [3.8, 4) is 0 Å². The van der Waals surface area contributed by atoms with Crippen LogP contribution in [-0.4, -0.2) is 24.6 Å². The van der Waals surface area contributed by atoms with Crippen LogP contribution >= 0.6 is 0 Å². The summed E-state index contributed by atoms with van der Waals surface area (Å²) in [4.78, 5) is 7.10. The first kappa shape index (κ1) is 13.3. The molecule has 0 aliphatic carbocycles. The maximum Gasteiger partial charge on any atom is 0.0571 e. The molecule has 2 heterocycles. The topological polar surface area (TPSA) is 28.2 Å². The lowest BCUT2D eigenvalue weighted by atomic mass is 10.0. The van der Waals surface area contributed by atoms with E-state index >= 15 is 0 Å². The zero-order chi connectivity index (χ0) is 13.1. The summed E-state index contributed by atoms with van der Waals surface area (Å²) in [6, 6.07) is 5.36. The highest BCUT2D eigenvalue weighted by molar-refractivity contribution is 5.47. The van der Waals surface area contributed by atoms with Crippen LogP contribution in [0.15, 0.2) is 18.3 Å². The van der Waals surface area contributed by atoms with Gasteiger partial charge >= 0.3 is 0 Å². The monoisotopic (exact) mass is 247 g/mol. The largest absolute Gasteiger partial charge is 0.367 e. The predicted molar refractivity (Wildman–Crippen MR) is 76.9 cm³/mol. The quantitative estimate of drug-likeness (QED) is 0.886. The van der Waals surface area contributed by atoms with E-state index in [1.165, 1.54) is 25.1 Å². The smallest absolute Gasteiger partial charge is 0.0571 e. The van der Waals surface area contributed by atoms with Crippen LogP contribution in [-0.2, 0) is 0 Å². The standard InChI is InChI=1S/C15H25N3/c1-11(2)15-6-5-9-18(15)13-7-8-14(17-10-13)12(3)16-4/h7-8,10-12,15-16H,5-6,9H2,1-4H3. The zero-order valence-corrected chi connectivity index (χ0v) is 12.0. The highest BCUT2D eigenvalue weighted by Gasteiger charge is 2.27. The van der Waals surface area contributed by atoms with Crippen molar-refractivity contribution in [3.63, 3.8) is 0 Å². The Bertz CT molecular complexity index is 372. The van der Waals surface area contributed by atoms with E-state index in [1.54, 1.807) is 0 Å². The van der Waals surface area contributed by atoms with Gasteiger partial charge in [-0.25, -0.2) is 0 Å². The molecule has 2 atom stereocenters. The Morgan fingerprint density at radius 1 is 1.33 bits per heavy atom. The van der Waals surface area contributed by atoms with Crippen molar-refractivity contribution in [1.82, 2.24) is 10.3 Å². The number of hydrogen-bond acceptors (Lipinski definition) is 3. The lowest BCUT2D eigenvalue weighted by Gasteiger charge is -2.29. The Balaban J connectivity index is 2.14. The molecule has 1 aromatic rings. The second-order valence-electron chi connectivity index (χ2n) is 5.60. The lowest BCUT2D eigenvalue weighted by Crippen LogP contribution is -2.33. The molecule has 1 saturated heterocycles. The first-order valence-electron chi connectivity index (χ1n) is 7.03. The molecule has 0 amide bonds. The summed E-state index contributed by atoms with van der Waals surface area (Å²) in [7, 11) is 1.97. The van der Waals surface area contributed by atoms with Gasteiger partial charge in [0.25, 0.3) is 0 Å². The Morgan fingerprint density at radius 2 is 2.11 bits per heavy atom. The number of nitrogens with zero attached hydrogens (tertiary/aromatic N) is 2. The van der Waals surface area contributed by atoms with E-state index in [0.717, 1.165) is 5.69 Å². The van der Waals surface area contributed by atoms with Crippen LogP contribution in [0.3, 0.4) is 0 Å². The summed E-state index contributed by atoms with van der Waals surface area (Å²) in [5.41, 5.74) is 2.39. The summed E-state index contributed by atoms with van der Waals surface area (Å²) in [6.07, 6.45) is 4.65. The maximum absolute atomic E-state index is 4.58. The van der Waals surface area contributed by atoms with E-state index in [-0.39, 0.29) is 0 Å². The second-order valence-corrected chi connectivity index (χ2v) is 5.60. The second kappa shape index (κ2) is 5.70. The average molecular weight is 247 g/mol. The minimum atomic E-state index is 0.318. The van der Waals surface area contributed by atoms with Gasteiger partial charge in [-0.3, -0.25) is 4.98 Å². The molecule has 1 aromatic heterocycles. The SMILES string of the molecule is CNC(C)c1ccc(N2CCCC2C(C)C)cn1. The molecule has 1 aliphatic heterocycles. The molecular weight excluding hydrogens is 222 g/mol. The van der Waals surface area contributed by atoms with E-state index in [2.05, 4.69) is 48.1 Å². The van der Waals surface area contributed by atoms with Gasteiger partial charge in [-0.05, 0) is 44.9 Å². The fourth-order valence-electron chi connectivity index (χ4n) is 2.78. The number of nitrogens with one attached hydrogen (secondary N) is 1. The van der Waals surface area contributed by atoms with Gasteiger partial charge in [-0.1, -0.05) is 13.8 Å². The van der Waals surface area contributed by atoms with Gasteiger partial charge < -0.3 is 10.2 Å². The number of aromatic nitrogens is 1. The van der Waals surface area contributed by atoms with Crippen LogP contribution in [0.2, 0.25) is 0 Å². The van der Waals surface area contributed by atoms with Gasteiger partial charge in [0.1, 0.15) is 0 Å². The molecule has 3 nitrogen and oxygen atoms in total. The lowest BCUT2D eigenvalue weighted by molar-refractivity contribution is 0.491. The molecule has 1 N–H and O–H groups in total. The first-order chi connectivity index (χ1) is 8.63. The van der Waals surface area contributed by atoms with Gasteiger partial charge in [-0.2, -0.15) is 0 Å². The van der Waals surface area contributed by atoms with Crippen molar-refractivity contribution < 1.29 is 0 Å². The third kappa shape index (κ3) is 2.66. The first-order valence-corrected chi connectivity index (χ1v) is 7.03. The normalized spacial score (nSPS) is 21.6. The minimum absolute atomic E-state index is 0.318. The van der Waals surface area contributed by atoms with Crippen molar-refractivity contribution in [3.05, 3.63) is 24.0 Å². The molecule has 2 rings (SSSR count). The Labute approximate surface area is 111 Å². The molecular formula is C15H25N3. The highest BCUT2D eigenvalue weighted by atomic mass is 15.2. The third-order valence-electron chi connectivity index (χ3n) is 4.05. The molecule has 0 radical (unpaired) electrons. The fourth-order valence-corrected chi connectivity index (χ4v) is 2.78. The number of anilines is 1. The fraction of sp³-hybridized carbons (Fsp3) is 0.667. The van der Waals surface area contributed by atoms with Crippen LogP contribution in [0.25, 0.3) is 0 Å². The van der Waals surface area contributed by atoms with Crippen LogP contribution < -0.4 is 10.2 Å². The molecule has 18 heavy (non-hydrogen) atoms. The molecule has 1 fully saturated rings. The van der Waals surface area contributed by atoms with Crippen molar-refractivity contribution in [2.24, 2.45) is 5.92 Å². The Hall–Kier alpha value is -1.09. The summed E-state index contributed by atoms with van der Waals surface area (Å²) < 4.78 is 0. The van der Waals surface area contributed by atoms with Crippen molar-refractivity contribution >= 4 is 5.69 Å². The van der Waals surface area contributed by atoms with E-state index < -0.39 is 0 Å². The summed E-state index contributed by atoms with van der Waals surface area (Å²) in [5.74, 6) is 0.711. The van der Waals surface area contributed by atoms with Crippen LogP contribution in [0, 0.1) is 5.92 Å². The number of pyridine rings is 1. The molecule has 1 aliphatic rings. The van der Waals surface area contributed by atoms with E-state index in [4.69, 9.17) is 0 Å². The van der Waals surface area contributed by atoms with E-state index in [0.29, 0.717) is 18.0 Å². The van der Waals surface area contributed by atoms with Crippen molar-refractivity contribution in [2.75, 3.05) is 18.5 Å².